The smallest absolute Gasteiger partial charge is 0.356 e. The zero-order valence-corrected chi connectivity index (χ0v) is 16.6. The minimum absolute atomic E-state index is 0.162. The summed E-state index contributed by atoms with van der Waals surface area (Å²) in [7, 11) is 1.33. The topological polar surface area (TPSA) is 156 Å². The Balaban J connectivity index is 1.79. The lowest BCUT2D eigenvalue weighted by molar-refractivity contribution is -0.150. The third-order valence-corrected chi connectivity index (χ3v) is 5.88. The van der Waals surface area contributed by atoms with Crippen LogP contribution in [0.5, 0.6) is 0 Å². The van der Waals surface area contributed by atoms with Crippen molar-refractivity contribution < 1.29 is 29.1 Å². The molecule has 13 heteroatoms. The first kappa shape index (κ1) is 20.5. The summed E-state index contributed by atoms with van der Waals surface area (Å²) in [6.07, 6.45) is 5.10. The van der Waals surface area contributed by atoms with Gasteiger partial charge in [-0.2, -0.15) is 0 Å². The number of β-lactam (4-membered cyclic amide) rings is 1. The molecule has 11 nitrogen and oxygen atoms in total. The molecule has 0 spiro atoms. The molecule has 0 saturated carbocycles. The molecular formula is C16H15N5O6S2. The highest BCUT2D eigenvalue weighted by molar-refractivity contribution is 8.00. The van der Waals surface area contributed by atoms with Crippen molar-refractivity contribution in [2.45, 2.75) is 11.4 Å². The number of terminal acetylenes is 1. The number of nitrogens with two attached hydrogens (primary N) is 1. The van der Waals surface area contributed by atoms with Gasteiger partial charge in [0.15, 0.2) is 23.1 Å². The molecule has 0 aromatic carbocycles. The lowest BCUT2D eigenvalue weighted by Gasteiger charge is -2.48. The van der Waals surface area contributed by atoms with Crippen molar-refractivity contribution in [2.75, 3.05) is 25.2 Å². The molecule has 29 heavy (non-hydrogen) atoms. The minimum atomic E-state index is -1.28. The number of anilines is 1. The van der Waals surface area contributed by atoms with Gasteiger partial charge >= 0.3 is 5.97 Å². The molecule has 1 fully saturated rings. The predicted octanol–water partition coefficient (Wildman–Crippen LogP) is -0.578. The van der Waals surface area contributed by atoms with E-state index in [9.17, 15) is 19.5 Å². The quantitative estimate of drug-likeness (QED) is 0.167. The molecule has 0 bridgehead atoms. The number of hydrogen-bond donors (Lipinski definition) is 3. The van der Waals surface area contributed by atoms with Gasteiger partial charge in [-0.25, -0.2) is 9.78 Å². The molecule has 3 heterocycles. The van der Waals surface area contributed by atoms with E-state index in [1.165, 1.54) is 24.3 Å². The predicted molar refractivity (Wildman–Crippen MR) is 105 cm³/mol. The summed E-state index contributed by atoms with van der Waals surface area (Å²) in [6.45, 7) is -0.169. The first-order chi connectivity index (χ1) is 13.9. The number of amides is 2. The Morgan fingerprint density at radius 2 is 2.34 bits per heavy atom. The molecule has 1 unspecified atom stereocenters. The maximum absolute atomic E-state index is 12.7. The van der Waals surface area contributed by atoms with Gasteiger partial charge in [-0.15, -0.1) is 29.5 Å². The van der Waals surface area contributed by atoms with E-state index >= 15 is 0 Å². The lowest BCUT2D eigenvalue weighted by atomic mass is 10.0. The number of oxime groups is 1. The van der Waals surface area contributed by atoms with Gasteiger partial charge in [0.2, 0.25) is 0 Å². The van der Waals surface area contributed by atoms with E-state index < -0.39 is 29.2 Å². The second kappa shape index (κ2) is 8.41. The maximum Gasteiger partial charge on any atom is 0.356 e. The van der Waals surface area contributed by atoms with E-state index in [2.05, 4.69) is 21.4 Å². The van der Waals surface area contributed by atoms with Gasteiger partial charge in [0, 0.05) is 5.38 Å². The molecule has 2 atom stereocenters. The average molecular weight is 437 g/mol. The van der Waals surface area contributed by atoms with Crippen molar-refractivity contribution in [1.29, 1.82) is 0 Å². The molecule has 2 amide bonds. The molecule has 3 rings (SSSR count). The summed E-state index contributed by atoms with van der Waals surface area (Å²) in [5, 5.41) is 16.8. The Bertz CT molecular complexity index is 965. The fraction of sp³-hybridized carbons (Fsp3) is 0.312. The van der Waals surface area contributed by atoms with Crippen LogP contribution in [0.3, 0.4) is 0 Å². The van der Waals surface area contributed by atoms with Gasteiger partial charge < -0.3 is 25.7 Å². The van der Waals surface area contributed by atoms with E-state index in [-0.39, 0.29) is 40.4 Å². The van der Waals surface area contributed by atoms with Crippen molar-refractivity contribution in [2.24, 2.45) is 5.16 Å². The third-order valence-electron chi connectivity index (χ3n) is 3.95. The van der Waals surface area contributed by atoms with Crippen molar-refractivity contribution in [1.82, 2.24) is 15.2 Å². The zero-order valence-electron chi connectivity index (χ0n) is 14.9. The maximum atomic E-state index is 12.7. The number of carbonyl (C=O) groups excluding carboxylic acids is 2. The largest absolute Gasteiger partial charge is 0.498 e. The highest BCUT2D eigenvalue weighted by Gasteiger charge is 2.55. The standard InChI is InChI=1S/C16H15N5O6S2/c1-3-4-27-20-9(7-5-29-16(17)18-7)12(22)19-10-13(23)21-11(15(24)25)8(26-2)6-28-14(10)21/h1,5,10,14H,4,6H2,2H3,(H2,17,18)(H,19,22)(H,24,25)/t10?,14-/m0/s1. The highest BCUT2D eigenvalue weighted by atomic mass is 32.2. The summed E-state index contributed by atoms with van der Waals surface area (Å²) in [5.41, 5.74) is 5.33. The number of rotatable bonds is 7. The number of aromatic nitrogens is 1. The number of thioether (sulfide) groups is 1. The van der Waals surface area contributed by atoms with Gasteiger partial charge in [-0.3, -0.25) is 14.5 Å². The Hall–Kier alpha value is -3.24. The molecule has 1 saturated heterocycles. The van der Waals surface area contributed by atoms with E-state index in [1.807, 2.05) is 0 Å². The number of nitrogen functional groups attached to an aromatic ring is 1. The lowest BCUT2D eigenvalue weighted by Crippen LogP contribution is -2.71. The summed E-state index contributed by atoms with van der Waals surface area (Å²) in [4.78, 5) is 46.8. The van der Waals surface area contributed by atoms with E-state index in [4.69, 9.17) is 21.7 Å². The van der Waals surface area contributed by atoms with Crippen LogP contribution in [-0.2, 0) is 24.0 Å². The number of carboxylic acids is 1. The number of fused-ring (bicyclic) bond motifs is 1. The fourth-order valence-corrected chi connectivity index (χ4v) is 4.55. The number of thiazole rings is 1. The van der Waals surface area contributed by atoms with Crippen molar-refractivity contribution in [3.63, 3.8) is 0 Å². The third kappa shape index (κ3) is 3.84. The van der Waals surface area contributed by atoms with Crippen LogP contribution < -0.4 is 11.1 Å². The summed E-state index contributed by atoms with van der Waals surface area (Å²) < 4.78 is 5.06. The number of carboxylic acid groups (broad SMARTS) is 1. The van der Waals surface area contributed by atoms with Crippen molar-refractivity contribution in [3.05, 3.63) is 22.5 Å². The van der Waals surface area contributed by atoms with Crippen LogP contribution in [0.1, 0.15) is 5.69 Å². The van der Waals surface area contributed by atoms with E-state index in [0.717, 1.165) is 16.2 Å². The molecule has 1 aromatic rings. The van der Waals surface area contributed by atoms with Gasteiger partial charge in [-0.1, -0.05) is 11.1 Å². The second-order valence-electron chi connectivity index (χ2n) is 5.63. The average Bonchev–Trinajstić information content (AvgIpc) is 3.13. The molecule has 1 aromatic heterocycles. The van der Waals surface area contributed by atoms with E-state index in [1.54, 1.807) is 0 Å². The van der Waals surface area contributed by atoms with Crippen molar-refractivity contribution >= 4 is 51.7 Å². The first-order valence-electron chi connectivity index (χ1n) is 7.99. The van der Waals surface area contributed by atoms with Crippen LogP contribution in [0.4, 0.5) is 5.13 Å². The van der Waals surface area contributed by atoms with Crippen LogP contribution in [0.25, 0.3) is 0 Å². The van der Waals surface area contributed by atoms with Crippen LogP contribution >= 0.6 is 23.1 Å². The SMILES string of the molecule is C#CCON=C(C(=O)NC1C(=O)N2C(C(=O)O)=C(OC)CS[C@@H]12)c1csc(N)n1. The summed E-state index contributed by atoms with van der Waals surface area (Å²) >= 11 is 2.37. The molecule has 0 radical (unpaired) electrons. The fourth-order valence-electron chi connectivity index (χ4n) is 2.69. The monoisotopic (exact) mass is 437 g/mol. The van der Waals surface area contributed by atoms with Crippen molar-refractivity contribution in [3.8, 4) is 12.3 Å². The Morgan fingerprint density at radius 3 is 2.93 bits per heavy atom. The van der Waals surface area contributed by atoms with Gasteiger partial charge in [-0.05, 0) is 0 Å². The van der Waals surface area contributed by atoms with Crippen LogP contribution in [0.2, 0.25) is 0 Å². The normalized spacial score (nSPS) is 21.0. The Morgan fingerprint density at radius 1 is 1.59 bits per heavy atom. The van der Waals surface area contributed by atoms with Gasteiger partial charge in [0.25, 0.3) is 11.8 Å². The number of ether oxygens (including phenoxy) is 1. The molecule has 2 aliphatic rings. The number of carbonyl (C=O) groups is 3. The molecular weight excluding hydrogens is 422 g/mol. The van der Waals surface area contributed by atoms with Gasteiger partial charge in [0.1, 0.15) is 22.9 Å². The summed E-state index contributed by atoms with van der Waals surface area (Å²) in [5.74, 6) is 0.0395. The molecule has 0 aliphatic carbocycles. The van der Waals surface area contributed by atoms with Gasteiger partial charge in [0.05, 0.1) is 12.9 Å². The molecule has 4 N–H and O–H groups in total. The number of nitrogens with one attached hydrogen (secondary N) is 1. The van der Waals surface area contributed by atoms with Crippen LogP contribution in [-0.4, -0.2) is 69.4 Å². The zero-order chi connectivity index (χ0) is 21.1. The second-order valence-corrected chi connectivity index (χ2v) is 7.63. The number of aliphatic carboxylic acids is 1. The minimum Gasteiger partial charge on any atom is -0.498 e. The van der Waals surface area contributed by atoms with Crippen LogP contribution in [0.15, 0.2) is 22.0 Å². The highest BCUT2D eigenvalue weighted by Crippen LogP contribution is 2.40. The summed E-state index contributed by atoms with van der Waals surface area (Å²) in [6, 6.07) is -0.950. The number of methoxy groups -OCH3 is 1. The molecule has 2 aliphatic heterocycles. The molecule has 152 valence electrons. The number of nitrogens with zero attached hydrogens (tertiary/aromatic N) is 3. The van der Waals surface area contributed by atoms with E-state index in [0.29, 0.717) is 0 Å². The Kier molecular flexibility index (Phi) is 5.95. The number of hydrogen-bond acceptors (Lipinski definition) is 10. The Labute approximate surface area is 172 Å². The first-order valence-corrected chi connectivity index (χ1v) is 9.92. The van der Waals surface area contributed by atoms with Crippen LogP contribution in [0, 0.1) is 12.3 Å².